The van der Waals surface area contributed by atoms with Gasteiger partial charge in [-0.15, -0.1) is 0 Å². The van der Waals surface area contributed by atoms with Crippen molar-refractivity contribution in [2.24, 2.45) is 0 Å². The van der Waals surface area contributed by atoms with Gasteiger partial charge in [-0.2, -0.15) is 0 Å². The smallest absolute Gasteiger partial charge is 0.239 e. The van der Waals surface area contributed by atoms with Crippen LogP contribution in [-0.2, 0) is 11.3 Å². The number of aryl methyl sites for hydroxylation is 1. The first-order chi connectivity index (χ1) is 8.63. The topological polar surface area (TPSA) is 23.6 Å². The van der Waals surface area contributed by atoms with Crippen molar-refractivity contribution in [1.82, 2.24) is 9.80 Å². The van der Waals surface area contributed by atoms with Gasteiger partial charge >= 0.3 is 0 Å². The standard InChI is InChI=1S/C15H22N2O/c1-4-17(14-9-10-16(3)15(14)18)11-13-8-6-5-7-12(13)2/h5-8,14H,4,9-11H2,1-3H3/t14-/m0/s1. The molecule has 1 aliphatic rings. The van der Waals surface area contributed by atoms with Crippen LogP contribution in [0.3, 0.4) is 0 Å². The van der Waals surface area contributed by atoms with E-state index in [9.17, 15) is 4.79 Å². The molecular formula is C15H22N2O. The highest BCUT2D eigenvalue weighted by atomic mass is 16.2. The lowest BCUT2D eigenvalue weighted by Gasteiger charge is -2.26. The lowest BCUT2D eigenvalue weighted by atomic mass is 10.1. The van der Waals surface area contributed by atoms with Gasteiger partial charge < -0.3 is 4.90 Å². The largest absolute Gasteiger partial charge is 0.344 e. The summed E-state index contributed by atoms with van der Waals surface area (Å²) >= 11 is 0. The van der Waals surface area contributed by atoms with Gasteiger partial charge in [0.25, 0.3) is 0 Å². The quantitative estimate of drug-likeness (QED) is 0.812. The van der Waals surface area contributed by atoms with Crippen LogP contribution in [0.2, 0.25) is 0 Å². The molecule has 0 saturated carbocycles. The van der Waals surface area contributed by atoms with Crippen LogP contribution in [0, 0.1) is 6.92 Å². The summed E-state index contributed by atoms with van der Waals surface area (Å²) in [5.41, 5.74) is 2.62. The zero-order chi connectivity index (χ0) is 13.1. The van der Waals surface area contributed by atoms with Crippen molar-refractivity contribution in [2.75, 3.05) is 20.1 Å². The number of likely N-dealkylation sites (N-methyl/N-ethyl adjacent to an activating group) is 2. The molecule has 0 spiro atoms. The average molecular weight is 246 g/mol. The number of carbonyl (C=O) groups excluding carboxylic acids is 1. The van der Waals surface area contributed by atoms with E-state index in [0.29, 0.717) is 0 Å². The molecule has 1 aromatic carbocycles. The van der Waals surface area contributed by atoms with Crippen molar-refractivity contribution < 1.29 is 4.79 Å². The Hall–Kier alpha value is -1.35. The number of carbonyl (C=O) groups is 1. The molecule has 1 fully saturated rings. The summed E-state index contributed by atoms with van der Waals surface area (Å²) < 4.78 is 0. The fourth-order valence-electron chi connectivity index (χ4n) is 2.59. The van der Waals surface area contributed by atoms with Crippen molar-refractivity contribution in [1.29, 1.82) is 0 Å². The molecule has 98 valence electrons. The van der Waals surface area contributed by atoms with Crippen LogP contribution >= 0.6 is 0 Å². The fourth-order valence-corrected chi connectivity index (χ4v) is 2.59. The van der Waals surface area contributed by atoms with Gasteiger partial charge in [-0.3, -0.25) is 9.69 Å². The van der Waals surface area contributed by atoms with Gasteiger partial charge in [0, 0.05) is 20.1 Å². The highest BCUT2D eigenvalue weighted by Crippen LogP contribution is 2.19. The number of likely N-dealkylation sites (tertiary alicyclic amines) is 1. The second kappa shape index (κ2) is 5.53. The summed E-state index contributed by atoms with van der Waals surface area (Å²) in [5.74, 6) is 0.269. The van der Waals surface area contributed by atoms with Gasteiger partial charge in [0.15, 0.2) is 0 Å². The molecule has 1 aromatic rings. The summed E-state index contributed by atoms with van der Waals surface area (Å²) in [7, 11) is 1.89. The SMILES string of the molecule is CCN(Cc1ccccc1C)[C@H]1CCN(C)C1=O. The molecule has 1 amide bonds. The number of amides is 1. The minimum Gasteiger partial charge on any atom is -0.344 e. The first kappa shape index (κ1) is 13.1. The van der Waals surface area contributed by atoms with Crippen LogP contribution in [0.25, 0.3) is 0 Å². The molecule has 0 bridgehead atoms. The molecule has 3 nitrogen and oxygen atoms in total. The van der Waals surface area contributed by atoms with Crippen molar-refractivity contribution in [3.63, 3.8) is 0 Å². The lowest BCUT2D eigenvalue weighted by molar-refractivity contribution is -0.131. The van der Waals surface area contributed by atoms with Gasteiger partial charge in [0.1, 0.15) is 0 Å². The third kappa shape index (κ3) is 2.56. The summed E-state index contributed by atoms with van der Waals surface area (Å²) in [6.07, 6.45) is 0.953. The van der Waals surface area contributed by atoms with E-state index in [1.54, 1.807) is 0 Å². The van der Waals surface area contributed by atoms with Crippen LogP contribution in [-0.4, -0.2) is 41.9 Å². The molecule has 0 aliphatic carbocycles. The Balaban J connectivity index is 2.11. The van der Waals surface area contributed by atoms with E-state index < -0.39 is 0 Å². The molecule has 1 saturated heterocycles. The minimum absolute atomic E-state index is 0.0691. The second-order valence-electron chi connectivity index (χ2n) is 5.05. The molecule has 2 rings (SSSR count). The molecule has 0 radical (unpaired) electrons. The summed E-state index contributed by atoms with van der Waals surface area (Å²) in [6.45, 7) is 6.93. The third-order valence-corrected chi connectivity index (χ3v) is 3.88. The molecule has 0 unspecified atom stereocenters. The maximum Gasteiger partial charge on any atom is 0.239 e. The molecule has 3 heteroatoms. The van der Waals surface area contributed by atoms with Crippen molar-refractivity contribution in [2.45, 2.75) is 32.9 Å². The number of nitrogens with zero attached hydrogens (tertiary/aromatic N) is 2. The van der Waals surface area contributed by atoms with E-state index >= 15 is 0 Å². The maximum absolute atomic E-state index is 12.1. The zero-order valence-electron chi connectivity index (χ0n) is 11.5. The van der Waals surface area contributed by atoms with Crippen molar-refractivity contribution in [3.05, 3.63) is 35.4 Å². The third-order valence-electron chi connectivity index (χ3n) is 3.88. The van der Waals surface area contributed by atoms with E-state index in [2.05, 4.69) is 43.0 Å². The molecule has 1 heterocycles. The van der Waals surface area contributed by atoms with Gasteiger partial charge in [0.2, 0.25) is 5.91 Å². The monoisotopic (exact) mass is 246 g/mol. The van der Waals surface area contributed by atoms with Gasteiger partial charge in [-0.1, -0.05) is 31.2 Å². The van der Waals surface area contributed by atoms with Crippen LogP contribution in [0.5, 0.6) is 0 Å². The van der Waals surface area contributed by atoms with Crippen molar-refractivity contribution >= 4 is 5.91 Å². The first-order valence-corrected chi connectivity index (χ1v) is 6.67. The van der Waals surface area contributed by atoms with E-state index in [0.717, 1.165) is 26.1 Å². The maximum atomic E-state index is 12.1. The summed E-state index contributed by atoms with van der Waals surface area (Å²) in [6, 6.07) is 8.48. The van der Waals surface area contributed by atoms with E-state index in [4.69, 9.17) is 0 Å². The average Bonchev–Trinajstić information content (AvgIpc) is 2.70. The Morgan fingerprint density at radius 2 is 2.11 bits per heavy atom. The molecule has 1 aliphatic heterocycles. The Kier molecular flexibility index (Phi) is 4.02. The normalized spacial score (nSPS) is 19.9. The molecular weight excluding hydrogens is 224 g/mol. The van der Waals surface area contributed by atoms with Gasteiger partial charge in [0.05, 0.1) is 6.04 Å². The van der Waals surface area contributed by atoms with Gasteiger partial charge in [-0.25, -0.2) is 0 Å². The predicted octanol–water partition coefficient (Wildman–Crippen LogP) is 2.05. The number of benzene rings is 1. The Bertz CT molecular complexity index is 430. The van der Waals surface area contributed by atoms with E-state index in [-0.39, 0.29) is 11.9 Å². The van der Waals surface area contributed by atoms with E-state index in [1.807, 2.05) is 11.9 Å². The highest BCUT2D eigenvalue weighted by Gasteiger charge is 2.33. The predicted molar refractivity (Wildman–Crippen MR) is 73.3 cm³/mol. The van der Waals surface area contributed by atoms with Gasteiger partial charge in [-0.05, 0) is 31.0 Å². The van der Waals surface area contributed by atoms with Crippen LogP contribution in [0.15, 0.2) is 24.3 Å². The number of hydrogen-bond donors (Lipinski definition) is 0. The van der Waals surface area contributed by atoms with Crippen LogP contribution in [0.4, 0.5) is 0 Å². The summed E-state index contributed by atoms with van der Waals surface area (Å²) in [5, 5.41) is 0. The van der Waals surface area contributed by atoms with Crippen LogP contribution in [0.1, 0.15) is 24.5 Å². The lowest BCUT2D eigenvalue weighted by Crippen LogP contribution is -2.40. The minimum atomic E-state index is 0.0691. The Morgan fingerprint density at radius 3 is 2.67 bits per heavy atom. The first-order valence-electron chi connectivity index (χ1n) is 6.67. The van der Waals surface area contributed by atoms with E-state index in [1.165, 1.54) is 11.1 Å². The van der Waals surface area contributed by atoms with Crippen LogP contribution < -0.4 is 0 Å². The Labute approximate surface area is 109 Å². The second-order valence-corrected chi connectivity index (χ2v) is 5.05. The molecule has 18 heavy (non-hydrogen) atoms. The highest BCUT2D eigenvalue weighted by molar-refractivity contribution is 5.83. The number of hydrogen-bond acceptors (Lipinski definition) is 2. The molecule has 0 N–H and O–H groups in total. The summed E-state index contributed by atoms with van der Waals surface area (Å²) in [4.78, 5) is 16.2. The van der Waals surface area contributed by atoms with Crippen molar-refractivity contribution in [3.8, 4) is 0 Å². The Morgan fingerprint density at radius 1 is 1.39 bits per heavy atom. The zero-order valence-corrected chi connectivity index (χ0v) is 11.5. The molecule has 1 atom stereocenters. The molecule has 0 aromatic heterocycles. The fraction of sp³-hybridized carbons (Fsp3) is 0.533. The number of rotatable bonds is 4.